The van der Waals surface area contributed by atoms with Gasteiger partial charge < -0.3 is 9.05 Å². The molecule has 0 saturated carbocycles. The number of fused-ring (bicyclic) bond motifs is 3. The smallest absolute Gasteiger partial charge is 0.421 e. The number of benzene rings is 3. The van der Waals surface area contributed by atoms with Gasteiger partial charge in [0, 0.05) is 22.4 Å². The van der Waals surface area contributed by atoms with Gasteiger partial charge in [-0.1, -0.05) is 135 Å². The molecule has 0 spiro atoms. The summed E-state index contributed by atoms with van der Waals surface area (Å²) < 4.78 is 21.0. The molecule has 6 rings (SSSR count). The van der Waals surface area contributed by atoms with Crippen LogP contribution in [0.2, 0.25) is 0 Å². The molecule has 3 aromatic carbocycles. The number of rotatable bonds is 6. The van der Waals surface area contributed by atoms with E-state index in [9.17, 15) is 0 Å². The Balaban J connectivity index is 1.37. The Kier molecular flexibility index (Phi) is 9.86. The topological polar surface area (TPSA) is 27.7 Å². The minimum absolute atomic E-state index is 0.0794. The maximum Gasteiger partial charge on any atom is 0.462 e. The van der Waals surface area contributed by atoms with Crippen LogP contribution in [0.4, 0.5) is 0 Å². The summed E-state index contributed by atoms with van der Waals surface area (Å²) in [6, 6.07) is 24.7. The normalized spacial score (nSPS) is 25.0. The first-order valence-corrected chi connectivity index (χ1v) is 20.2. The minimum atomic E-state index is -1.66. The van der Waals surface area contributed by atoms with Gasteiger partial charge in [0.05, 0.1) is 12.5 Å². The molecular formula is C42H54O3P2. The Bertz CT molecular complexity index is 1600. The van der Waals surface area contributed by atoms with E-state index in [4.69, 9.17) is 13.6 Å². The van der Waals surface area contributed by atoms with Crippen molar-refractivity contribution >= 4 is 16.5 Å². The molecule has 3 nitrogen and oxygen atoms in total. The molecule has 3 aromatic rings. The summed E-state index contributed by atoms with van der Waals surface area (Å²) in [5.41, 5.74) is 11.7. The molecule has 1 aliphatic carbocycles. The molecule has 2 aliphatic heterocycles. The predicted octanol–water partition coefficient (Wildman–Crippen LogP) is 13.0. The monoisotopic (exact) mass is 668 g/mol. The molecule has 250 valence electrons. The van der Waals surface area contributed by atoms with Gasteiger partial charge in [-0.05, 0) is 84.3 Å². The lowest BCUT2D eigenvalue weighted by molar-refractivity contribution is 0.239. The van der Waals surface area contributed by atoms with Crippen molar-refractivity contribution in [2.45, 2.75) is 105 Å². The van der Waals surface area contributed by atoms with Gasteiger partial charge in [0.15, 0.2) is 0 Å². The third-order valence-corrected chi connectivity index (χ3v) is 15.2. The molecule has 1 saturated heterocycles. The van der Waals surface area contributed by atoms with E-state index < -0.39 is 8.60 Å². The van der Waals surface area contributed by atoms with Crippen molar-refractivity contribution in [3.63, 3.8) is 0 Å². The summed E-state index contributed by atoms with van der Waals surface area (Å²) >= 11 is 0. The highest BCUT2D eigenvalue weighted by molar-refractivity contribution is 7.58. The number of aryl methyl sites for hydroxylation is 1. The molecule has 3 unspecified atom stereocenters. The fourth-order valence-corrected chi connectivity index (χ4v) is 12.5. The zero-order valence-corrected chi connectivity index (χ0v) is 32.0. The average Bonchev–Trinajstić information content (AvgIpc) is 3.36. The van der Waals surface area contributed by atoms with Crippen molar-refractivity contribution in [1.82, 2.24) is 0 Å². The number of hydrogen-bond acceptors (Lipinski definition) is 3. The molecule has 47 heavy (non-hydrogen) atoms. The third kappa shape index (κ3) is 6.88. The summed E-state index contributed by atoms with van der Waals surface area (Å²) in [6.45, 7) is 23.5. The van der Waals surface area contributed by atoms with Crippen LogP contribution in [0, 0.1) is 25.2 Å². The van der Waals surface area contributed by atoms with Crippen LogP contribution in [0.5, 0.6) is 5.75 Å². The molecule has 5 heteroatoms. The summed E-state index contributed by atoms with van der Waals surface area (Å²) in [7, 11) is -2.00. The minimum Gasteiger partial charge on any atom is -0.421 e. The van der Waals surface area contributed by atoms with Crippen molar-refractivity contribution in [1.29, 1.82) is 0 Å². The number of allylic oxidation sites excluding steroid dienone is 4. The molecule has 0 bridgehead atoms. The summed E-state index contributed by atoms with van der Waals surface area (Å²) in [5.74, 6) is 2.41. The maximum absolute atomic E-state index is 7.07. The second-order valence-electron chi connectivity index (χ2n) is 15.9. The van der Waals surface area contributed by atoms with E-state index in [1.54, 1.807) is 0 Å². The highest BCUT2D eigenvalue weighted by Crippen LogP contribution is 2.70. The van der Waals surface area contributed by atoms with Gasteiger partial charge in [-0.2, -0.15) is 0 Å². The van der Waals surface area contributed by atoms with Crippen molar-refractivity contribution in [3.8, 4) is 5.75 Å². The van der Waals surface area contributed by atoms with Crippen LogP contribution in [-0.4, -0.2) is 12.8 Å². The Labute approximate surface area is 287 Å². The standard InChI is InChI=1S/C42H54O3P2/c1-27-25-33(41(5,6)7)39-37(29(27)3)38-30(4)28(2)26-34(42(8,9)10)40(38)45-47(44-39)43-23-24-46-35(31-17-13-11-14-18-31)21-22-36(46)32-19-15-12-16-20-32/h11-20,25-26,29,35-37H,21-24H2,1-10H3/t29?,35-,36-,37?,47?/m1/s1. The van der Waals surface area contributed by atoms with E-state index >= 15 is 0 Å². The van der Waals surface area contributed by atoms with E-state index in [-0.39, 0.29) is 24.7 Å². The first-order chi connectivity index (χ1) is 22.3. The quantitative estimate of drug-likeness (QED) is 0.245. The molecular weight excluding hydrogens is 614 g/mol. The Morgan fingerprint density at radius 1 is 0.787 bits per heavy atom. The summed E-state index contributed by atoms with van der Waals surface area (Å²) in [6.07, 6.45) is 5.85. The maximum atomic E-state index is 7.07. The molecule has 1 fully saturated rings. The Hall–Kier alpha value is -2.44. The summed E-state index contributed by atoms with van der Waals surface area (Å²) in [4.78, 5) is 0. The largest absolute Gasteiger partial charge is 0.462 e. The van der Waals surface area contributed by atoms with Gasteiger partial charge in [0.1, 0.15) is 11.5 Å². The second-order valence-corrected chi connectivity index (χ2v) is 19.7. The molecule has 2 heterocycles. The van der Waals surface area contributed by atoms with Gasteiger partial charge in [-0.15, -0.1) is 0 Å². The van der Waals surface area contributed by atoms with Crippen molar-refractivity contribution in [2.24, 2.45) is 11.3 Å². The van der Waals surface area contributed by atoms with Crippen LogP contribution in [0.15, 0.2) is 89.7 Å². The lowest BCUT2D eigenvalue weighted by atomic mass is 9.69. The zero-order valence-electron chi connectivity index (χ0n) is 30.2. The first kappa shape index (κ1) is 34.4. The third-order valence-electron chi connectivity index (χ3n) is 10.7. The van der Waals surface area contributed by atoms with Crippen LogP contribution in [-0.2, 0) is 14.5 Å². The average molecular weight is 669 g/mol. The predicted molar refractivity (Wildman–Crippen MR) is 201 cm³/mol. The number of hydrogen-bond donors (Lipinski definition) is 0. The molecule has 0 radical (unpaired) electrons. The fraction of sp³-hybridized carbons (Fsp3) is 0.476. The lowest BCUT2D eigenvalue weighted by Gasteiger charge is -2.37. The van der Waals surface area contributed by atoms with E-state index in [2.05, 4.69) is 142 Å². The van der Waals surface area contributed by atoms with E-state index in [0.717, 1.165) is 17.7 Å². The fourth-order valence-electron chi connectivity index (χ4n) is 7.80. The van der Waals surface area contributed by atoms with E-state index in [1.807, 2.05) is 0 Å². The molecule has 0 N–H and O–H groups in total. The highest BCUT2D eigenvalue weighted by atomic mass is 31.2. The van der Waals surface area contributed by atoms with Crippen LogP contribution < -0.4 is 4.52 Å². The SMILES string of the molecule is CC1=CC(C(C)(C)C)=C2OP(OCCP3[C@@H](c4ccccc4)CC[C@@H]3c3ccccc3)Oc3c(C(C)(C)C)cc(C)c(C)c3C2C1C. The van der Waals surface area contributed by atoms with Crippen LogP contribution in [0.3, 0.4) is 0 Å². The van der Waals surface area contributed by atoms with Crippen molar-refractivity contribution in [3.05, 3.63) is 123 Å². The Morgan fingerprint density at radius 3 is 1.89 bits per heavy atom. The van der Waals surface area contributed by atoms with Gasteiger partial charge in [0.2, 0.25) is 0 Å². The highest BCUT2D eigenvalue weighted by Gasteiger charge is 2.44. The van der Waals surface area contributed by atoms with Crippen molar-refractivity contribution in [2.75, 3.05) is 12.8 Å². The van der Waals surface area contributed by atoms with Crippen LogP contribution >= 0.6 is 16.5 Å². The second kappa shape index (κ2) is 13.5. The Morgan fingerprint density at radius 2 is 1.36 bits per heavy atom. The molecule has 5 atom stereocenters. The molecule has 0 aromatic heterocycles. The van der Waals surface area contributed by atoms with Crippen LogP contribution in [0.25, 0.3) is 0 Å². The van der Waals surface area contributed by atoms with Gasteiger partial charge >= 0.3 is 8.60 Å². The van der Waals surface area contributed by atoms with E-state index in [0.29, 0.717) is 23.8 Å². The molecule has 3 aliphatic rings. The van der Waals surface area contributed by atoms with E-state index in [1.165, 1.54) is 57.4 Å². The first-order valence-electron chi connectivity index (χ1n) is 17.5. The molecule has 0 amide bonds. The van der Waals surface area contributed by atoms with Crippen LogP contribution in [0.1, 0.15) is 119 Å². The van der Waals surface area contributed by atoms with Gasteiger partial charge in [-0.25, -0.2) is 0 Å². The van der Waals surface area contributed by atoms with Gasteiger partial charge in [0.25, 0.3) is 0 Å². The summed E-state index contributed by atoms with van der Waals surface area (Å²) in [5, 5.41) is 0. The lowest BCUT2D eigenvalue weighted by Crippen LogP contribution is -2.25. The van der Waals surface area contributed by atoms with Gasteiger partial charge in [-0.3, -0.25) is 4.52 Å². The van der Waals surface area contributed by atoms with Crippen molar-refractivity contribution < 1.29 is 13.6 Å². The zero-order chi connectivity index (χ0) is 33.7.